The maximum Gasteiger partial charge on any atom is 0.221 e. The maximum absolute atomic E-state index is 11.6. The van der Waals surface area contributed by atoms with E-state index < -0.39 is 0 Å². The molecule has 1 saturated heterocycles. The average Bonchev–Trinajstić information content (AvgIpc) is 2.64. The number of nitrogens with one attached hydrogen (secondary N) is 1. The van der Waals surface area contributed by atoms with Crippen molar-refractivity contribution in [2.24, 2.45) is 5.73 Å². The van der Waals surface area contributed by atoms with Crippen molar-refractivity contribution in [3.05, 3.63) is 0 Å². The Kier molecular flexibility index (Phi) is 3.57. The van der Waals surface area contributed by atoms with Crippen LogP contribution in [0.25, 0.3) is 0 Å². The molecule has 0 bridgehead atoms. The smallest absolute Gasteiger partial charge is 0.221 e. The monoisotopic (exact) mass is 228 g/mol. The molecule has 0 aromatic rings. The van der Waals surface area contributed by atoms with Gasteiger partial charge in [0.1, 0.15) is 0 Å². The second-order valence-corrected chi connectivity index (χ2v) is 6.24. The van der Waals surface area contributed by atoms with Crippen molar-refractivity contribution in [2.45, 2.75) is 49.3 Å². The maximum atomic E-state index is 11.6. The van der Waals surface area contributed by atoms with Crippen molar-refractivity contribution < 1.29 is 4.79 Å². The minimum atomic E-state index is -0.174. The highest BCUT2D eigenvalue weighted by atomic mass is 32.2. The zero-order chi connectivity index (χ0) is 10.7. The molecule has 2 fully saturated rings. The predicted octanol–water partition coefficient (Wildman–Crippen LogP) is 1.27. The molecule has 1 aliphatic carbocycles. The van der Waals surface area contributed by atoms with Crippen LogP contribution in [0.3, 0.4) is 0 Å². The minimum Gasteiger partial charge on any atom is -0.355 e. The van der Waals surface area contributed by atoms with Crippen molar-refractivity contribution in [1.29, 1.82) is 0 Å². The lowest BCUT2D eigenvalue weighted by Crippen LogP contribution is -2.50. The Bertz CT molecular complexity index is 235. The highest BCUT2D eigenvalue weighted by molar-refractivity contribution is 8.00. The van der Waals surface area contributed by atoms with E-state index in [2.05, 4.69) is 5.32 Å². The van der Waals surface area contributed by atoms with E-state index in [1.807, 2.05) is 11.8 Å². The molecule has 1 atom stereocenters. The van der Waals surface area contributed by atoms with Gasteiger partial charge in [-0.25, -0.2) is 0 Å². The van der Waals surface area contributed by atoms with E-state index >= 15 is 0 Å². The summed E-state index contributed by atoms with van der Waals surface area (Å²) >= 11 is 1.98. The summed E-state index contributed by atoms with van der Waals surface area (Å²) in [5, 5.41) is 3.65. The lowest BCUT2D eigenvalue weighted by molar-refractivity contribution is -0.122. The largest absolute Gasteiger partial charge is 0.355 e. The van der Waals surface area contributed by atoms with Gasteiger partial charge in [-0.05, 0) is 37.9 Å². The molecule has 86 valence electrons. The van der Waals surface area contributed by atoms with E-state index in [4.69, 9.17) is 5.73 Å². The summed E-state index contributed by atoms with van der Waals surface area (Å²) in [6, 6.07) is 0. The van der Waals surface area contributed by atoms with Gasteiger partial charge in [0, 0.05) is 23.8 Å². The fourth-order valence-electron chi connectivity index (χ4n) is 2.22. The van der Waals surface area contributed by atoms with Gasteiger partial charge in [-0.3, -0.25) is 4.79 Å². The van der Waals surface area contributed by atoms with E-state index in [1.165, 1.54) is 25.0 Å². The molecule has 1 unspecified atom stereocenters. The molecule has 0 spiro atoms. The van der Waals surface area contributed by atoms with E-state index in [1.54, 1.807) is 0 Å². The topological polar surface area (TPSA) is 55.1 Å². The van der Waals surface area contributed by atoms with Crippen LogP contribution in [0.2, 0.25) is 0 Å². The highest BCUT2D eigenvalue weighted by Gasteiger charge is 2.34. The van der Waals surface area contributed by atoms with Gasteiger partial charge < -0.3 is 11.1 Å². The molecule has 2 rings (SSSR count). The Morgan fingerprint density at radius 2 is 2.27 bits per heavy atom. The molecule has 1 saturated carbocycles. The molecule has 0 aromatic heterocycles. The van der Waals surface area contributed by atoms with Crippen LogP contribution in [-0.2, 0) is 4.79 Å². The van der Waals surface area contributed by atoms with Crippen molar-refractivity contribution in [2.75, 3.05) is 12.3 Å². The summed E-state index contributed by atoms with van der Waals surface area (Å²) in [5.41, 5.74) is 5.85. The van der Waals surface area contributed by atoms with Crippen LogP contribution in [-0.4, -0.2) is 29.0 Å². The third kappa shape index (κ3) is 3.11. The van der Waals surface area contributed by atoms with Gasteiger partial charge >= 0.3 is 0 Å². The molecular formula is C11H20N2OS. The molecule has 15 heavy (non-hydrogen) atoms. The molecule has 2 aliphatic rings. The van der Waals surface area contributed by atoms with Gasteiger partial charge in [0.2, 0.25) is 5.91 Å². The Morgan fingerprint density at radius 3 is 2.80 bits per heavy atom. The number of carbonyl (C=O) groups is 1. The molecule has 3 nitrogen and oxygen atoms in total. The van der Waals surface area contributed by atoms with Crippen molar-refractivity contribution in [3.8, 4) is 0 Å². The zero-order valence-electron chi connectivity index (χ0n) is 9.13. The highest BCUT2D eigenvalue weighted by Crippen LogP contribution is 2.32. The fourth-order valence-corrected chi connectivity index (χ4v) is 3.42. The Balaban J connectivity index is 1.63. The molecule has 1 aliphatic heterocycles. The van der Waals surface area contributed by atoms with Crippen LogP contribution in [0, 0.1) is 0 Å². The van der Waals surface area contributed by atoms with E-state index in [0.29, 0.717) is 11.7 Å². The van der Waals surface area contributed by atoms with Gasteiger partial charge in [0.15, 0.2) is 0 Å². The molecule has 1 amide bonds. The first-order valence-corrected chi connectivity index (χ1v) is 6.90. The molecular weight excluding hydrogens is 208 g/mol. The minimum absolute atomic E-state index is 0.143. The van der Waals surface area contributed by atoms with E-state index in [0.717, 1.165) is 19.4 Å². The SMILES string of the molecule is NC1(CC(=O)NCC2CCCS2)CCC1. The second kappa shape index (κ2) is 4.74. The molecule has 0 radical (unpaired) electrons. The van der Waals surface area contributed by atoms with Crippen LogP contribution < -0.4 is 11.1 Å². The average molecular weight is 228 g/mol. The lowest BCUT2D eigenvalue weighted by Gasteiger charge is -2.37. The number of hydrogen-bond donors (Lipinski definition) is 2. The number of amides is 1. The predicted molar refractivity (Wildman–Crippen MR) is 63.9 cm³/mol. The van der Waals surface area contributed by atoms with Crippen LogP contribution in [0.4, 0.5) is 0 Å². The van der Waals surface area contributed by atoms with Crippen LogP contribution in [0.15, 0.2) is 0 Å². The van der Waals surface area contributed by atoms with E-state index in [-0.39, 0.29) is 11.4 Å². The Hall–Kier alpha value is -0.220. The summed E-state index contributed by atoms with van der Waals surface area (Å²) in [7, 11) is 0. The number of thioether (sulfide) groups is 1. The quantitative estimate of drug-likeness (QED) is 0.762. The summed E-state index contributed by atoms with van der Waals surface area (Å²) in [5.74, 6) is 1.39. The fraction of sp³-hybridized carbons (Fsp3) is 0.909. The number of rotatable bonds is 4. The second-order valence-electron chi connectivity index (χ2n) is 4.83. The zero-order valence-corrected chi connectivity index (χ0v) is 9.94. The summed E-state index contributed by atoms with van der Waals surface area (Å²) in [6.45, 7) is 0.833. The normalized spacial score (nSPS) is 28.5. The van der Waals surface area contributed by atoms with Crippen LogP contribution in [0.5, 0.6) is 0 Å². The summed E-state index contributed by atoms with van der Waals surface area (Å²) < 4.78 is 0. The number of carbonyl (C=O) groups excluding carboxylic acids is 1. The van der Waals surface area contributed by atoms with Gasteiger partial charge in [0.25, 0.3) is 0 Å². The number of nitrogens with two attached hydrogens (primary N) is 1. The summed E-state index contributed by atoms with van der Waals surface area (Å²) in [4.78, 5) is 11.6. The molecule has 4 heteroatoms. The van der Waals surface area contributed by atoms with Crippen LogP contribution in [0.1, 0.15) is 38.5 Å². The first-order chi connectivity index (χ1) is 7.18. The first kappa shape index (κ1) is 11.3. The van der Waals surface area contributed by atoms with Crippen molar-refractivity contribution in [3.63, 3.8) is 0 Å². The van der Waals surface area contributed by atoms with Crippen molar-refractivity contribution in [1.82, 2.24) is 5.32 Å². The third-order valence-electron chi connectivity index (χ3n) is 3.41. The van der Waals surface area contributed by atoms with Gasteiger partial charge in [0.05, 0.1) is 0 Å². The number of hydrogen-bond acceptors (Lipinski definition) is 3. The van der Waals surface area contributed by atoms with Gasteiger partial charge in [-0.1, -0.05) is 0 Å². The Morgan fingerprint density at radius 1 is 1.47 bits per heavy atom. The van der Waals surface area contributed by atoms with Crippen LogP contribution >= 0.6 is 11.8 Å². The van der Waals surface area contributed by atoms with E-state index in [9.17, 15) is 4.79 Å². The Labute approximate surface area is 95.6 Å². The molecule has 1 heterocycles. The van der Waals surface area contributed by atoms with Gasteiger partial charge in [-0.2, -0.15) is 11.8 Å². The third-order valence-corrected chi connectivity index (χ3v) is 4.81. The lowest BCUT2D eigenvalue weighted by atomic mass is 9.75. The molecule has 3 N–H and O–H groups in total. The molecule has 0 aromatic carbocycles. The first-order valence-electron chi connectivity index (χ1n) is 5.85. The van der Waals surface area contributed by atoms with Gasteiger partial charge in [-0.15, -0.1) is 0 Å². The van der Waals surface area contributed by atoms with Crippen molar-refractivity contribution >= 4 is 17.7 Å². The standard InChI is InChI=1S/C11H20N2OS/c12-11(4-2-5-11)7-10(14)13-8-9-3-1-6-15-9/h9H,1-8,12H2,(H,13,14). The summed E-state index contributed by atoms with van der Waals surface area (Å²) in [6.07, 6.45) is 6.27.